The third kappa shape index (κ3) is 9.30. The predicted molar refractivity (Wildman–Crippen MR) is 50.3 cm³/mol. The monoisotopic (exact) mass is 189 g/mol. The average Bonchev–Trinajstić information content (AvgIpc) is 2.13. The lowest BCUT2D eigenvalue weighted by molar-refractivity contribution is -0.121. The summed E-state index contributed by atoms with van der Waals surface area (Å²) in [6.07, 6.45) is 3.46. The maximum Gasteiger partial charge on any atom is 0.219 e. The zero-order chi connectivity index (χ0) is 9.94. The fraction of sp³-hybridized carbons (Fsp3) is 0.889. The number of hydrogen-bond acceptors (Lipinski definition) is 3. The van der Waals surface area contributed by atoms with Gasteiger partial charge in [0.2, 0.25) is 5.91 Å². The summed E-state index contributed by atoms with van der Waals surface area (Å²) in [4.78, 5) is 11.0. The minimum absolute atomic E-state index is 0.0337. The first-order chi connectivity index (χ1) is 6.31. The Morgan fingerprint density at radius 2 is 1.62 bits per heavy atom. The molecule has 0 fully saturated rings. The number of nitrogens with one attached hydrogen (secondary N) is 1. The molecule has 0 aromatic rings. The fourth-order valence-corrected chi connectivity index (χ4v) is 0.950. The first kappa shape index (κ1) is 12.4. The molecule has 4 heteroatoms. The molecule has 13 heavy (non-hydrogen) atoms. The van der Waals surface area contributed by atoms with Gasteiger partial charge in [-0.25, -0.2) is 0 Å². The molecule has 0 radical (unpaired) electrons. The van der Waals surface area contributed by atoms with Gasteiger partial charge in [-0.2, -0.15) is 0 Å². The van der Waals surface area contributed by atoms with Crippen LogP contribution in [0.3, 0.4) is 0 Å². The van der Waals surface area contributed by atoms with E-state index in [4.69, 9.17) is 10.2 Å². The quantitative estimate of drug-likeness (QED) is 0.472. The summed E-state index contributed by atoms with van der Waals surface area (Å²) in [6, 6.07) is 0. The third-order valence-corrected chi connectivity index (χ3v) is 1.72. The molecule has 1 amide bonds. The van der Waals surface area contributed by atoms with E-state index in [1.54, 1.807) is 0 Å². The second-order valence-electron chi connectivity index (χ2n) is 2.96. The molecule has 0 unspecified atom stereocenters. The molecule has 0 spiro atoms. The summed E-state index contributed by atoms with van der Waals surface area (Å²) in [5.41, 5.74) is 0. The zero-order valence-electron chi connectivity index (χ0n) is 7.96. The van der Waals surface area contributed by atoms with E-state index in [2.05, 4.69) is 5.32 Å². The van der Waals surface area contributed by atoms with E-state index in [1.165, 1.54) is 0 Å². The van der Waals surface area contributed by atoms with Crippen LogP contribution in [0.15, 0.2) is 0 Å². The van der Waals surface area contributed by atoms with Crippen LogP contribution >= 0.6 is 0 Å². The van der Waals surface area contributed by atoms with Crippen LogP contribution in [0.4, 0.5) is 0 Å². The Kier molecular flexibility index (Phi) is 9.03. The Bertz CT molecular complexity index is 128. The topological polar surface area (TPSA) is 69.6 Å². The lowest BCUT2D eigenvalue weighted by Gasteiger charge is -2.03. The summed E-state index contributed by atoms with van der Waals surface area (Å²) < 4.78 is 0. The van der Waals surface area contributed by atoms with Gasteiger partial charge in [0.05, 0.1) is 0 Å². The molecule has 3 N–H and O–H groups in total. The van der Waals surface area contributed by atoms with Gasteiger partial charge in [-0.3, -0.25) is 4.79 Å². The van der Waals surface area contributed by atoms with Crippen molar-refractivity contribution < 1.29 is 15.0 Å². The van der Waals surface area contributed by atoms with Crippen molar-refractivity contribution in [1.29, 1.82) is 0 Å². The summed E-state index contributed by atoms with van der Waals surface area (Å²) in [7, 11) is 0. The molecule has 0 atom stereocenters. The zero-order valence-corrected chi connectivity index (χ0v) is 7.96. The smallest absolute Gasteiger partial charge is 0.219 e. The van der Waals surface area contributed by atoms with Crippen molar-refractivity contribution in [3.8, 4) is 0 Å². The molecule has 0 bridgehead atoms. The summed E-state index contributed by atoms with van der Waals surface area (Å²) in [5.74, 6) is 0.0337. The van der Waals surface area contributed by atoms with Gasteiger partial charge in [-0.15, -0.1) is 0 Å². The molecule has 0 heterocycles. The number of aliphatic hydroxyl groups excluding tert-OH is 2. The van der Waals surface area contributed by atoms with Crippen molar-refractivity contribution in [2.45, 2.75) is 32.1 Å². The maximum absolute atomic E-state index is 11.0. The Labute approximate surface area is 79.0 Å². The van der Waals surface area contributed by atoms with Crippen molar-refractivity contribution >= 4 is 5.91 Å². The van der Waals surface area contributed by atoms with Gasteiger partial charge < -0.3 is 15.5 Å². The molecule has 0 aromatic carbocycles. The van der Waals surface area contributed by atoms with Gasteiger partial charge in [0.1, 0.15) is 0 Å². The van der Waals surface area contributed by atoms with Gasteiger partial charge in [0, 0.05) is 26.2 Å². The largest absolute Gasteiger partial charge is 0.396 e. The molecule has 0 saturated heterocycles. The van der Waals surface area contributed by atoms with E-state index in [-0.39, 0.29) is 19.1 Å². The van der Waals surface area contributed by atoms with E-state index < -0.39 is 0 Å². The van der Waals surface area contributed by atoms with Crippen LogP contribution in [0.5, 0.6) is 0 Å². The first-order valence-corrected chi connectivity index (χ1v) is 4.79. The van der Waals surface area contributed by atoms with Gasteiger partial charge in [-0.1, -0.05) is 0 Å². The fourth-order valence-electron chi connectivity index (χ4n) is 0.950. The van der Waals surface area contributed by atoms with Crippen LogP contribution in [0.25, 0.3) is 0 Å². The van der Waals surface area contributed by atoms with Crippen LogP contribution < -0.4 is 5.32 Å². The normalized spacial score (nSPS) is 10.0. The number of carbonyl (C=O) groups is 1. The highest BCUT2D eigenvalue weighted by atomic mass is 16.3. The number of amides is 1. The lowest BCUT2D eigenvalue weighted by atomic mass is 10.2. The molecular formula is C9H19NO3. The van der Waals surface area contributed by atoms with Crippen LogP contribution in [-0.2, 0) is 4.79 Å². The van der Waals surface area contributed by atoms with E-state index in [0.717, 1.165) is 19.3 Å². The second kappa shape index (κ2) is 9.48. The molecule has 0 aliphatic rings. The van der Waals surface area contributed by atoms with Crippen molar-refractivity contribution in [1.82, 2.24) is 5.32 Å². The lowest BCUT2D eigenvalue weighted by Crippen LogP contribution is -2.24. The molecule has 0 aromatic heterocycles. The maximum atomic E-state index is 11.0. The Hall–Kier alpha value is -0.610. The van der Waals surface area contributed by atoms with E-state index >= 15 is 0 Å². The third-order valence-electron chi connectivity index (χ3n) is 1.72. The molecule has 78 valence electrons. The van der Waals surface area contributed by atoms with Crippen LogP contribution in [0.2, 0.25) is 0 Å². The van der Waals surface area contributed by atoms with E-state index in [1.807, 2.05) is 0 Å². The molecular weight excluding hydrogens is 170 g/mol. The van der Waals surface area contributed by atoms with Crippen molar-refractivity contribution in [2.24, 2.45) is 0 Å². The Morgan fingerprint density at radius 1 is 1.00 bits per heavy atom. The standard InChI is InChI=1S/C9H19NO3/c11-7-3-1-5-9(13)10-6-2-4-8-12/h11-12H,1-8H2,(H,10,13). The SMILES string of the molecule is O=C(CCCCO)NCCCCO. The number of aliphatic hydroxyl groups is 2. The number of carbonyl (C=O) groups excluding carboxylic acids is 1. The van der Waals surface area contributed by atoms with Gasteiger partial charge in [0.15, 0.2) is 0 Å². The first-order valence-electron chi connectivity index (χ1n) is 4.79. The Morgan fingerprint density at radius 3 is 2.23 bits per heavy atom. The van der Waals surface area contributed by atoms with E-state index in [9.17, 15) is 4.79 Å². The molecule has 0 aliphatic carbocycles. The van der Waals surface area contributed by atoms with Crippen LogP contribution in [0.1, 0.15) is 32.1 Å². The van der Waals surface area contributed by atoms with Gasteiger partial charge in [0.25, 0.3) is 0 Å². The van der Waals surface area contributed by atoms with Crippen molar-refractivity contribution in [3.63, 3.8) is 0 Å². The highest BCUT2D eigenvalue weighted by Gasteiger charge is 1.98. The summed E-state index contributed by atoms with van der Waals surface area (Å²) in [5, 5.41) is 19.7. The molecule has 4 nitrogen and oxygen atoms in total. The minimum atomic E-state index is 0.0337. The molecule has 0 saturated carbocycles. The summed E-state index contributed by atoms with van der Waals surface area (Å²) >= 11 is 0. The van der Waals surface area contributed by atoms with E-state index in [0.29, 0.717) is 19.4 Å². The number of rotatable bonds is 8. The summed E-state index contributed by atoms with van der Waals surface area (Å²) in [6.45, 7) is 0.969. The van der Waals surface area contributed by atoms with Crippen molar-refractivity contribution in [3.05, 3.63) is 0 Å². The highest BCUT2D eigenvalue weighted by Crippen LogP contribution is 1.94. The van der Waals surface area contributed by atoms with Crippen LogP contribution in [0, 0.1) is 0 Å². The molecule has 0 rings (SSSR count). The van der Waals surface area contributed by atoms with Gasteiger partial charge in [-0.05, 0) is 25.7 Å². The van der Waals surface area contributed by atoms with Crippen molar-refractivity contribution in [2.75, 3.05) is 19.8 Å². The second-order valence-corrected chi connectivity index (χ2v) is 2.96. The molecule has 0 aliphatic heterocycles. The van der Waals surface area contributed by atoms with Gasteiger partial charge >= 0.3 is 0 Å². The number of unbranched alkanes of at least 4 members (excludes halogenated alkanes) is 2. The van der Waals surface area contributed by atoms with Crippen LogP contribution in [-0.4, -0.2) is 35.9 Å². The minimum Gasteiger partial charge on any atom is -0.396 e. The Balaban J connectivity index is 3.11. The predicted octanol–water partition coefficient (Wildman–Crippen LogP) is 0.0377. The highest BCUT2D eigenvalue weighted by molar-refractivity contribution is 5.75. The number of hydrogen-bond donors (Lipinski definition) is 3. The average molecular weight is 189 g/mol.